The zero-order chi connectivity index (χ0) is 7.28. The molecule has 4 heteroatoms. The van der Waals surface area contributed by atoms with Crippen molar-refractivity contribution >= 4 is 6.29 Å². The molecular formula is C5H12N2O2. The standard InChI is InChI=1S/C5H12N2O2/c6-2-4(7)1-5(9)3-8/h3-5,9H,1-2,6-7H2/t4-,5+/m0/s1. The molecule has 0 spiro atoms. The molecule has 0 aromatic carbocycles. The van der Waals surface area contributed by atoms with Crippen molar-refractivity contribution in [3.8, 4) is 0 Å². The summed E-state index contributed by atoms with van der Waals surface area (Å²) in [5.74, 6) is 0. The molecule has 4 nitrogen and oxygen atoms in total. The normalized spacial score (nSPS) is 16.8. The fraction of sp³-hybridized carbons (Fsp3) is 0.800. The zero-order valence-electron chi connectivity index (χ0n) is 5.16. The summed E-state index contributed by atoms with van der Waals surface area (Å²) in [4.78, 5) is 9.81. The van der Waals surface area contributed by atoms with E-state index in [4.69, 9.17) is 16.6 Å². The lowest BCUT2D eigenvalue weighted by Crippen LogP contribution is -2.33. The molecule has 2 atom stereocenters. The topological polar surface area (TPSA) is 89.3 Å². The van der Waals surface area contributed by atoms with Gasteiger partial charge in [-0.3, -0.25) is 0 Å². The summed E-state index contributed by atoms with van der Waals surface area (Å²) in [6.45, 7) is 0.297. The summed E-state index contributed by atoms with van der Waals surface area (Å²) in [5, 5.41) is 8.66. The third-order valence-electron chi connectivity index (χ3n) is 1.00. The number of hydrogen-bond donors (Lipinski definition) is 3. The van der Waals surface area contributed by atoms with Crippen molar-refractivity contribution < 1.29 is 9.90 Å². The maximum Gasteiger partial charge on any atom is 0.148 e. The lowest BCUT2D eigenvalue weighted by molar-refractivity contribution is -0.115. The van der Waals surface area contributed by atoms with E-state index in [1.165, 1.54) is 0 Å². The molecule has 0 aromatic rings. The number of hydrogen-bond acceptors (Lipinski definition) is 4. The summed E-state index contributed by atoms with van der Waals surface area (Å²) >= 11 is 0. The molecule has 0 aliphatic heterocycles. The molecule has 0 saturated heterocycles. The van der Waals surface area contributed by atoms with Crippen molar-refractivity contribution in [1.82, 2.24) is 0 Å². The van der Waals surface area contributed by atoms with Gasteiger partial charge >= 0.3 is 0 Å². The molecule has 0 aliphatic rings. The van der Waals surface area contributed by atoms with Gasteiger partial charge in [-0.25, -0.2) is 0 Å². The van der Waals surface area contributed by atoms with Crippen molar-refractivity contribution in [2.24, 2.45) is 11.5 Å². The Hall–Kier alpha value is -0.450. The summed E-state index contributed by atoms with van der Waals surface area (Å²) in [5.41, 5.74) is 10.4. The molecule has 0 amide bonds. The number of aldehydes is 1. The first-order chi connectivity index (χ1) is 4.20. The Morgan fingerprint density at radius 3 is 2.56 bits per heavy atom. The zero-order valence-corrected chi connectivity index (χ0v) is 5.16. The monoisotopic (exact) mass is 132 g/mol. The van der Waals surface area contributed by atoms with E-state index in [0.717, 1.165) is 0 Å². The number of rotatable bonds is 4. The van der Waals surface area contributed by atoms with Crippen LogP contribution in [0.25, 0.3) is 0 Å². The van der Waals surface area contributed by atoms with E-state index in [2.05, 4.69) is 0 Å². The molecule has 0 aliphatic carbocycles. The van der Waals surface area contributed by atoms with Crippen LogP contribution >= 0.6 is 0 Å². The van der Waals surface area contributed by atoms with Gasteiger partial charge < -0.3 is 21.4 Å². The second-order valence-corrected chi connectivity index (χ2v) is 1.93. The van der Waals surface area contributed by atoms with Gasteiger partial charge in [-0.1, -0.05) is 0 Å². The lowest BCUT2D eigenvalue weighted by Gasteiger charge is -2.08. The van der Waals surface area contributed by atoms with Crippen LogP contribution in [0.3, 0.4) is 0 Å². The summed E-state index contributed by atoms with van der Waals surface area (Å²) < 4.78 is 0. The smallest absolute Gasteiger partial charge is 0.148 e. The summed E-state index contributed by atoms with van der Waals surface area (Å²) in [6, 6.07) is -0.273. The quantitative estimate of drug-likeness (QED) is 0.394. The Bertz CT molecular complexity index is 87.0. The van der Waals surface area contributed by atoms with Gasteiger partial charge in [0, 0.05) is 12.6 Å². The van der Waals surface area contributed by atoms with Gasteiger partial charge in [-0.2, -0.15) is 0 Å². The number of aliphatic hydroxyl groups is 1. The van der Waals surface area contributed by atoms with E-state index in [-0.39, 0.29) is 12.5 Å². The van der Waals surface area contributed by atoms with E-state index >= 15 is 0 Å². The number of nitrogens with two attached hydrogens (primary N) is 2. The van der Waals surface area contributed by atoms with Gasteiger partial charge in [0.25, 0.3) is 0 Å². The van der Waals surface area contributed by atoms with Gasteiger partial charge in [0.1, 0.15) is 12.4 Å². The Morgan fingerprint density at radius 1 is 1.67 bits per heavy atom. The number of carbonyl (C=O) groups is 1. The Morgan fingerprint density at radius 2 is 2.22 bits per heavy atom. The Labute approximate surface area is 53.8 Å². The number of aliphatic hydroxyl groups excluding tert-OH is 1. The predicted molar refractivity (Wildman–Crippen MR) is 33.7 cm³/mol. The van der Waals surface area contributed by atoms with E-state index in [1.807, 2.05) is 0 Å². The lowest BCUT2D eigenvalue weighted by atomic mass is 10.1. The van der Waals surface area contributed by atoms with Crippen molar-refractivity contribution in [1.29, 1.82) is 0 Å². The molecule has 0 heterocycles. The minimum atomic E-state index is -0.955. The molecule has 0 saturated carbocycles. The van der Waals surface area contributed by atoms with Crippen LogP contribution in [0.15, 0.2) is 0 Å². The Balaban J connectivity index is 3.33. The minimum Gasteiger partial charge on any atom is -0.386 e. The molecule has 0 bridgehead atoms. The van der Waals surface area contributed by atoms with Crippen LogP contribution in [-0.2, 0) is 4.79 Å². The first kappa shape index (κ1) is 8.55. The van der Waals surface area contributed by atoms with Crippen LogP contribution < -0.4 is 11.5 Å². The SMILES string of the molecule is NC[C@@H](N)C[C@@H](O)C=O. The first-order valence-corrected chi connectivity index (χ1v) is 2.79. The van der Waals surface area contributed by atoms with E-state index in [1.54, 1.807) is 0 Å². The largest absolute Gasteiger partial charge is 0.386 e. The fourth-order valence-electron chi connectivity index (χ4n) is 0.462. The van der Waals surface area contributed by atoms with Crippen LogP contribution in [0.2, 0.25) is 0 Å². The third kappa shape index (κ3) is 4.08. The molecule has 5 N–H and O–H groups in total. The van der Waals surface area contributed by atoms with Crippen molar-refractivity contribution in [2.75, 3.05) is 6.54 Å². The average molecular weight is 132 g/mol. The summed E-state index contributed by atoms with van der Waals surface area (Å²) in [7, 11) is 0. The molecule has 0 unspecified atom stereocenters. The van der Waals surface area contributed by atoms with E-state index in [9.17, 15) is 4.79 Å². The molecule has 54 valence electrons. The van der Waals surface area contributed by atoms with Gasteiger partial charge in [0.05, 0.1) is 0 Å². The number of carbonyl (C=O) groups excluding carboxylic acids is 1. The second-order valence-electron chi connectivity index (χ2n) is 1.93. The highest BCUT2D eigenvalue weighted by Crippen LogP contribution is 1.89. The highest BCUT2D eigenvalue weighted by molar-refractivity contribution is 5.55. The third-order valence-corrected chi connectivity index (χ3v) is 1.00. The first-order valence-electron chi connectivity index (χ1n) is 2.79. The fourth-order valence-corrected chi connectivity index (χ4v) is 0.462. The van der Waals surface area contributed by atoms with Crippen molar-refractivity contribution in [3.63, 3.8) is 0 Å². The molecule has 0 fully saturated rings. The van der Waals surface area contributed by atoms with Crippen LogP contribution in [0.4, 0.5) is 0 Å². The second kappa shape index (κ2) is 4.43. The average Bonchev–Trinajstić information content (AvgIpc) is 1.87. The molecule has 0 aromatic heterocycles. The minimum absolute atomic E-state index is 0.250. The van der Waals surface area contributed by atoms with Gasteiger partial charge in [-0.15, -0.1) is 0 Å². The van der Waals surface area contributed by atoms with Crippen LogP contribution in [-0.4, -0.2) is 30.1 Å². The van der Waals surface area contributed by atoms with Crippen molar-refractivity contribution in [2.45, 2.75) is 18.6 Å². The molecular weight excluding hydrogens is 120 g/mol. The molecule has 0 radical (unpaired) electrons. The van der Waals surface area contributed by atoms with Crippen LogP contribution in [0.5, 0.6) is 0 Å². The van der Waals surface area contributed by atoms with Crippen LogP contribution in [0, 0.1) is 0 Å². The predicted octanol–water partition coefficient (Wildman–Crippen LogP) is -1.78. The maximum atomic E-state index is 9.81. The van der Waals surface area contributed by atoms with Crippen LogP contribution in [0.1, 0.15) is 6.42 Å². The Kier molecular flexibility index (Phi) is 4.21. The maximum absolute atomic E-state index is 9.81. The highest BCUT2D eigenvalue weighted by Gasteiger charge is 2.06. The highest BCUT2D eigenvalue weighted by atomic mass is 16.3. The summed E-state index contributed by atoms with van der Waals surface area (Å²) in [6.07, 6.45) is -0.251. The van der Waals surface area contributed by atoms with Gasteiger partial charge in [-0.05, 0) is 6.42 Å². The van der Waals surface area contributed by atoms with E-state index < -0.39 is 6.10 Å². The van der Waals surface area contributed by atoms with Gasteiger partial charge in [0.15, 0.2) is 0 Å². The van der Waals surface area contributed by atoms with Gasteiger partial charge in [0.2, 0.25) is 0 Å². The van der Waals surface area contributed by atoms with Crippen molar-refractivity contribution in [3.05, 3.63) is 0 Å². The molecule has 9 heavy (non-hydrogen) atoms. The van der Waals surface area contributed by atoms with E-state index in [0.29, 0.717) is 12.8 Å². The molecule has 0 rings (SSSR count).